The van der Waals surface area contributed by atoms with Crippen LogP contribution in [0.1, 0.15) is 23.4 Å². The van der Waals surface area contributed by atoms with Crippen molar-refractivity contribution in [3.8, 4) is 0 Å². The third kappa shape index (κ3) is 6.62. The molecule has 1 heterocycles. The molecule has 2 rings (SSSR count). The first kappa shape index (κ1) is 22.4. The molecule has 0 saturated heterocycles. The predicted molar refractivity (Wildman–Crippen MR) is 104 cm³/mol. The molecule has 0 bridgehead atoms. The molecule has 0 aliphatic carbocycles. The summed E-state index contributed by atoms with van der Waals surface area (Å²) in [5, 5.41) is 23.3. The summed E-state index contributed by atoms with van der Waals surface area (Å²) in [6, 6.07) is 4.49. The van der Waals surface area contributed by atoms with E-state index >= 15 is 0 Å². The Morgan fingerprint density at radius 1 is 1.36 bits per heavy atom. The maximum Gasteiger partial charge on any atom is 0.212 e. The summed E-state index contributed by atoms with van der Waals surface area (Å²) in [7, 11) is -1.85. The van der Waals surface area contributed by atoms with Crippen LogP contribution < -0.4 is 10.0 Å². The zero-order chi connectivity index (χ0) is 20.6. The van der Waals surface area contributed by atoms with E-state index in [-0.39, 0.29) is 23.7 Å². The van der Waals surface area contributed by atoms with E-state index in [1.807, 2.05) is 0 Å². The number of hydrogen-bond donors (Lipinski definition) is 3. The maximum absolute atomic E-state index is 13.4. The zero-order valence-electron chi connectivity index (χ0n) is 15.2. The molecule has 0 unspecified atom stereocenters. The Morgan fingerprint density at radius 2 is 2.14 bits per heavy atom. The topological polar surface area (TPSA) is 130 Å². The monoisotopic (exact) mass is 477 g/mol. The van der Waals surface area contributed by atoms with Gasteiger partial charge in [-0.15, -0.1) is 0 Å². The van der Waals surface area contributed by atoms with Gasteiger partial charge in [-0.1, -0.05) is 16.4 Å². The van der Waals surface area contributed by atoms with Gasteiger partial charge >= 0.3 is 0 Å². The van der Waals surface area contributed by atoms with Crippen LogP contribution in [0.5, 0.6) is 0 Å². The lowest BCUT2D eigenvalue weighted by molar-refractivity contribution is 0.300. The first-order valence-corrected chi connectivity index (χ1v) is 10.9. The van der Waals surface area contributed by atoms with Gasteiger partial charge in [-0.3, -0.25) is 0 Å². The van der Waals surface area contributed by atoms with Gasteiger partial charge in [-0.25, -0.2) is 22.2 Å². The number of oxime groups is 1. The third-order valence-electron chi connectivity index (χ3n) is 3.93. The fraction of sp³-hybridized carbons (Fsp3) is 0.438. The predicted octanol–water partition coefficient (Wildman–Crippen LogP) is 1.46. The molecular formula is C16H21BrFN5O4S. The highest BCUT2D eigenvalue weighted by molar-refractivity contribution is 9.10. The Labute approximate surface area is 170 Å². The fourth-order valence-corrected chi connectivity index (χ4v) is 3.46. The van der Waals surface area contributed by atoms with Crippen molar-refractivity contribution in [1.29, 1.82) is 0 Å². The van der Waals surface area contributed by atoms with Gasteiger partial charge in [-0.2, -0.15) is 0 Å². The zero-order valence-corrected chi connectivity index (χ0v) is 17.6. The molecule has 28 heavy (non-hydrogen) atoms. The largest absolute Gasteiger partial charge is 0.411 e. The summed E-state index contributed by atoms with van der Waals surface area (Å²) in [5.41, 5.74) is 1.84. The molecule has 3 N–H and O–H groups in total. The van der Waals surface area contributed by atoms with Crippen molar-refractivity contribution in [2.75, 3.05) is 25.9 Å². The first-order chi connectivity index (χ1) is 13.4. The second-order valence-corrected chi connectivity index (χ2v) is 8.81. The first-order valence-electron chi connectivity index (χ1n) is 8.45. The highest BCUT2D eigenvalue weighted by Crippen LogP contribution is 2.19. The molecule has 0 saturated carbocycles. The van der Waals surface area contributed by atoms with E-state index in [0.29, 0.717) is 41.8 Å². The average molecular weight is 478 g/mol. The quantitative estimate of drug-likeness (QED) is 0.193. The number of rotatable bonds is 11. The minimum Gasteiger partial charge on any atom is -0.411 e. The molecule has 0 atom stereocenters. The van der Waals surface area contributed by atoms with E-state index in [4.69, 9.17) is 4.63 Å². The SMILES string of the molecule is CNS(=O)(=O)CCNCCCc1nonc1/C(Cc1ccc(F)c(Br)c1)=N/O. The molecule has 0 fully saturated rings. The van der Waals surface area contributed by atoms with Gasteiger partial charge in [0.15, 0.2) is 5.69 Å². The minimum atomic E-state index is -3.23. The van der Waals surface area contributed by atoms with Crippen LogP contribution >= 0.6 is 15.9 Å². The van der Waals surface area contributed by atoms with Crippen LogP contribution in [0.15, 0.2) is 32.5 Å². The average Bonchev–Trinajstić information content (AvgIpc) is 3.13. The Hall–Kier alpha value is -1.89. The number of sulfonamides is 1. The van der Waals surface area contributed by atoms with E-state index in [9.17, 15) is 18.0 Å². The van der Waals surface area contributed by atoms with Gasteiger partial charge < -0.3 is 10.5 Å². The highest BCUT2D eigenvalue weighted by atomic mass is 79.9. The molecule has 2 aromatic rings. The summed E-state index contributed by atoms with van der Waals surface area (Å²) >= 11 is 3.12. The van der Waals surface area contributed by atoms with Crippen molar-refractivity contribution in [2.24, 2.45) is 5.16 Å². The number of benzene rings is 1. The molecule has 1 aromatic carbocycles. The van der Waals surface area contributed by atoms with Crippen molar-refractivity contribution in [3.05, 3.63) is 45.4 Å². The number of hydrogen-bond acceptors (Lipinski definition) is 8. The second-order valence-electron chi connectivity index (χ2n) is 5.91. The highest BCUT2D eigenvalue weighted by Gasteiger charge is 2.18. The number of nitrogens with one attached hydrogen (secondary N) is 2. The van der Waals surface area contributed by atoms with Crippen molar-refractivity contribution in [1.82, 2.24) is 20.4 Å². The molecular weight excluding hydrogens is 457 g/mol. The van der Waals surface area contributed by atoms with Gasteiger partial charge in [0, 0.05) is 13.0 Å². The minimum absolute atomic E-state index is 0.00515. The number of aryl methyl sites for hydroxylation is 1. The Balaban J connectivity index is 1.89. The van der Waals surface area contributed by atoms with Crippen molar-refractivity contribution >= 4 is 31.7 Å². The number of halogens is 2. The van der Waals surface area contributed by atoms with E-state index in [1.165, 1.54) is 13.1 Å². The second kappa shape index (κ2) is 10.6. The lowest BCUT2D eigenvalue weighted by Crippen LogP contribution is -2.30. The van der Waals surface area contributed by atoms with Gasteiger partial charge in [0.1, 0.15) is 17.2 Å². The Kier molecular flexibility index (Phi) is 8.48. The summed E-state index contributed by atoms with van der Waals surface area (Å²) in [5.74, 6) is -0.389. The van der Waals surface area contributed by atoms with Crippen LogP contribution in [0.2, 0.25) is 0 Å². The summed E-state index contributed by atoms with van der Waals surface area (Å²) in [6.45, 7) is 0.901. The molecule has 0 aliphatic rings. The van der Waals surface area contributed by atoms with Gasteiger partial charge in [-0.05, 0) is 65.2 Å². The summed E-state index contributed by atoms with van der Waals surface area (Å²) in [4.78, 5) is 0. The molecule has 154 valence electrons. The number of aromatic nitrogens is 2. The van der Waals surface area contributed by atoms with Gasteiger partial charge in [0.25, 0.3) is 0 Å². The maximum atomic E-state index is 13.4. The van der Waals surface area contributed by atoms with Crippen LogP contribution in [-0.4, -0.2) is 55.5 Å². The third-order valence-corrected chi connectivity index (χ3v) is 5.90. The van der Waals surface area contributed by atoms with Crippen molar-refractivity contribution in [3.63, 3.8) is 0 Å². The van der Waals surface area contributed by atoms with Crippen LogP contribution in [0.4, 0.5) is 4.39 Å². The molecule has 1 aromatic heterocycles. The van der Waals surface area contributed by atoms with Crippen LogP contribution in [0.3, 0.4) is 0 Å². The van der Waals surface area contributed by atoms with Crippen molar-refractivity contribution < 1.29 is 22.6 Å². The van der Waals surface area contributed by atoms with Crippen LogP contribution in [-0.2, 0) is 22.9 Å². The molecule has 0 radical (unpaired) electrons. The van der Waals surface area contributed by atoms with Crippen molar-refractivity contribution in [2.45, 2.75) is 19.3 Å². The molecule has 0 aliphatic heterocycles. The van der Waals surface area contributed by atoms with Crippen LogP contribution in [0, 0.1) is 5.82 Å². The Morgan fingerprint density at radius 3 is 2.82 bits per heavy atom. The normalized spacial score (nSPS) is 12.5. The number of nitrogens with zero attached hydrogens (tertiary/aromatic N) is 3. The fourth-order valence-electron chi connectivity index (χ4n) is 2.41. The molecule has 0 spiro atoms. The van der Waals surface area contributed by atoms with E-state index < -0.39 is 10.0 Å². The van der Waals surface area contributed by atoms with Gasteiger partial charge in [0.05, 0.1) is 10.2 Å². The lowest BCUT2D eigenvalue weighted by atomic mass is 10.0. The Bertz CT molecular complexity index is 920. The molecule has 0 amide bonds. The molecule has 9 nitrogen and oxygen atoms in total. The van der Waals surface area contributed by atoms with Crippen LogP contribution in [0.25, 0.3) is 0 Å². The van der Waals surface area contributed by atoms with E-state index in [0.717, 1.165) is 5.56 Å². The summed E-state index contributed by atoms with van der Waals surface area (Å²) in [6.07, 6.45) is 1.37. The molecule has 12 heteroatoms. The standard InChI is InChI=1S/C16H21BrFN5O4S/c1-19-28(25,26)8-7-20-6-2-3-14-16(23-27-22-14)15(21-24)10-11-4-5-13(18)12(17)9-11/h4-5,9,19-20,24H,2-3,6-8,10H2,1H3/b21-15+. The van der Waals surface area contributed by atoms with E-state index in [1.54, 1.807) is 12.1 Å². The van der Waals surface area contributed by atoms with Gasteiger partial charge in [0.2, 0.25) is 10.0 Å². The lowest BCUT2D eigenvalue weighted by Gasteiger charge is -2.06. The smallest absolute Gasteiger partial charge is 0.212 e. The van der Waals surface area contributed by atoms with E-state index in [2.05, 4.69) is 41.4 Å². The summed E-state index contributed by atoms with van der Waals surface area (Å²) < 4.78 is 43.3.